The summed E-state index contributed by atoms with van der Waals surface area (Å²) in [6.07, 6.45) is 1.94. The van der Waals surface area contributed by atoms with Crippen molar-refractivity contribution < 1.29 is 9.53 Å². The number of esters is 1. The first-order valence-electron chi connectivity index (χ1n) is 5.07. The van der Waals surface area contributed by atoms with Crippen molar-refractivity contribution in [3.05, 3.63) is 11.8 Å². The third-order valence-electron chi connectivity index (χ3n) is 1.98. The highest BCUT2D eigenvalue weighted by Gasteiger charge is 2.09. The molecule has 5 nitrogen and oxygen atoms in total. The Bertz CT molecular complexity index is 320. The van der Waals surface area contributed by atoms with Crippen LogP contribution in [0.15, 0.2) is 6.07 Å². The van der Waals surface area contributed by atoms with E-state index < -0.39 is 5.97 Å². The van der Waals surface area contributed by atoms with Gasteiger partial charge in [-0.25, -0.2) is 4.79 Å². The highest BCUT2D eigenvalue weighted by atomic mass is 16.5. The van der Waals surface area contributed by atoms with Crippen molar-refractivity contribution in [2.75, 3.05) is 12.3 Å². The van der Waals surface area contributed by atoms with E-state index in [1.165, 1.54) is 6.07 Å². The fourth-order valence-corrected chi connectivity index (χ4v) is 1.18. The maximum Gasteiger partial charge on any atom is 0.356 e. The summed E-state index contributed by atoms with van der Waals surface area (Å²) < 4.78 is 5.03. The number of H-pyrrole nitrogens is 1. The average molecular weight is 211 g/mol. The quantitative estimate of drug-likeness (QED) is 0.572. The molecule has 84 valence electrons. The molecule has 0 fully saturated rings. The molecule has 0 saturated heterocycles. The number of aromatic nitrogens is 2. The second kappa shape index (κ2) is 5.38. The molecule has 0 aliphatic rings. The molecule has 0 atom stereocenters. The molecule has 1 aromatic rings. The predicted octanol–water partition coefficient (Wildman–Crippen LogP) is 1.58. The molecule has 0 radical (unpaired) electrons. The lowest BCUT2D eigenvalue weighted by atomic mass is 10.1. The molecule has 0 unspecified atom stereocenters. The molecule has 0 spiro atoms. The first-order chi connectivity index (χ1) is 7.09. The maximum atomic E-state index is 11.4. The lowest BCUT2D eigenvalue weighted by molar-refractivity contribution is 0.0488. The van der Waals surface area contributed by atoms with Crippen molar-refractivity contribution >= 4 is 11.8 Å². The van der Waals surface area contributed by atoms with E-state index in [9.17, 15) is 4.79 Å². The predicted molar refractivity (Wildman–Crippen MR) is 57.4 cm³/mol. The second-order valence-corrected chi connectivity index (χ2v) is 3.88. The van der Waals surface area contributed by atoms with Gasteiger partial charge in [-0.15, -0.1) is 0 Å². The summed E-state index contributed by atoms with van der Waals surface area (Å²) in [4.78, 5) is 11.4. The Morgan fingerprint density at radius 2 is 2.40 bits per heavy atom. The molecular formula is C10H17N3O2. The third kappa shape index (κ3) is 4.01. The standard InChI is InChI=1S/C10H17N3O2/c1-7(2)4-3-5-15-10(14)8-6-9(11)13-12-8/h6-7H,3-5H2,1-2H3,(H3,11,12,13). The Morgan fingerprint density at radius 1 is 1.67 bits per heavy atom. The number of hydrogen-bond donors (Lipinski definition) is 2. The number of nitrogens with zero attached hydrogens (tertiary/aromatic N) is 1. The fraction of sp³-hybridized carbons (Fsp3) is 0.600. The second-order valence-electron chi connectivity index (χ2n) is 3.88. The fourth-order valence-electron chi connectivity index (χ4n) is 1.18. The minimum absolute atomic E-state index is 0.295. The zero-order chi connectivity index (χ0) is 11.3. The van der Waals surface area contributed by atoms with Gasteiger partial charge < -0.3 is 10.5 Å². The van der Waals surface area contributed by atoms with Gasteiger partial charge in [-0.3, -0.25) is 5.10 Å². The van der Waals surface area contributed by atoms with Crippen LogP contribution in [0.2, 0.25) is 0 Å². The van der Waals surface area contributed by atoms with Crippen LogP contribution in [-0.4, -0.2) is 22.8 Å². The van der Waals surface area contributed by atoms with Gasteiger partial charge in [0.05, 0.1) is 6.61 Å². The van der Waals surface area contributed by atoms with Gasteiger partial charge in [0.1, 0.15) is 11.5 Å². The van der Waals surface area contributed by atoms with E-state index in [0.717, 1.165) is 12.8 Å². The van der Waals surface area contributed by atoms with Crippen molar-refractivity contribution in [2.45, 2.75) is 26.7 Å². The minimum Gasteiger partial charge on any atom is -0.461 e. The molecule has 1 rings (SSSR count). The Morgan fingerprint density at radius 3 is 2.93 bits per heavy atom. The van der Waals surface area contributed by atoms with Crippen LogP contribution in [0, 0.1) is 5.92 Å². The molecule has 3 N–H and O–H groups in total. The Hall–Kier alpha value is -1.52. The summed E-state index contributed by atoms with van der Waals surface area (Å²) in [5, 5.41) is 6.15. The summed E-state index contributed by atoms with van der Waals surface area (Å²) in [6, 6.07) is 1.46. The van der Waals surface area contributed by atoms with Crippen molar-refractivity contribution in [3.63, 3.8) is 0 Å². The van der Waals surface area contributed by atoms with Crippen LogP contribution in [0.3, 0.4) is 0 Å². The highest BCUT2D eigenvalue weighted by Crippen LogP contribution is 2.06. The van der Waals surface area contributed by atoms with Gasteiger partial charge in [-0.2, -0.15) is 5.10 Å². The Kier molecular flexibility index (Phi) is 4.15. The van der Waals surface area contributed by atoms with Gasteiger partial charge in [0.15, 0.2) is 0 Å². The largest absolute Gasteiger partial charge is 0.461 e. The first kappa shape index (κ1) is 11.6. The van der Waals surface area contributed by atoms with E-state index in [-0.39, 0.29) is 0 Å². The van der Waals surface area contributed by atoms with Crippen molar-refractivity contribution in [2.24, 2.45) is 5.92 Å². The molecule has 0 aliphatic heterocycles. The van der Waals surface area contributed by atoms with Gasteiger partial charge >= 0.3 is 5.97 Å². The summed E-state index contributed by atoms with van der Waals surface area (Å²) in [7, 11) is 0. The molecule has 0 bridgehead atoms. The normalized spacial score (nSPS) is 10.6. The number of nitrogens with one attached hydrogen (secondary N) is 1. The van der Waals surface area contributed by atoms with Gasteiger partial charge in [0.25, 0.3) is 0 Å². The number of carbonyl (C=O) groups excluding carboxylic acids is 1. The van der Waals surface area contributed by atoms with E-state index in [2.05, 4.69) is 24.0 Å². The Balaban J connectivity index is 2.25. The number of aromatic amines is 1. The third-order valence-corrected chi connectivity index (χ3v) is 1.98. The van der Waals surface area contributed by atoms with Crippen LogP contribution in [0.25, 0.3) is 0 Å². The summed E-state index contributed by atoms with van der Waals surface area (Å²) >= 11 is 0. The van der Waals surface area contributed by atoms with Crippen molar-refractivity contribution in [1.82, 2.24) is 10.2 Å². The van der Waals surface area contributed by atoms with Crippen molar-refractivity contribution in [3.8, 4) is 0 Å². The molecule has 0 saturated carbocycles. The molecule has 15 heavy (non-hydrogen) atoms. The number of carbonyl (C=O) groups is 1. The lowest BCUT2D eigenvalue weighted by Crippen LogP contribution is -2.07. The smallest absolute Gasteiger partial charge is 0.356 e. The number of nitrogen functional groups attached to an aromatic ring is 1. The summed E-state index contributed by atoms with van der Waals surface area (Å²) in [6.45, 7) is 4.71. The number of rotatable bonds is 5. The molecule has 1 aromatic heterocycles. The number of hydrogen-bond acceptors (Lipinski definition) is 4. The van der Waals surface area contributed by atoms with E-state index >= 15 is 0 Å². The molecule has 1 heterocycles. The van der Waals surface area contributed by atoms with Crippen LogP contribution in [0.1, 0.15) is 37.2 Å². The van der Waals surface area contributed by atoms with Gasteiger partial charge in [0, 0.05) is 6.07 Å². The minimum atomic E-state index is -0.400. The monoisotopic (exact) mass is 211 g/mol. The van der Waals surface area contributed by atoms with Crippen LogP contribution >= 0.6 is 0 Å². The van der Waals surface area contributed by atoms with Gasteiger partial charge in [0.2, 0.25) is 0 Å². The topological polar surface area (TPSA) is 81.0 Å². The van der Waals surface area contributed by atoms with E-state index in [1.54, 1.807) is 0 Å². The summed E-state index contributed by atoms with van der Waals surface area (Å²) in [5.74, 6) is 0.526. The first-order valence-corrected chi connectivity index (χ1v) is 5.07. The molecule has 0 aliphatic carbocycles. The lowest BCUT2D eigenvalue weighted by Gasteiger charge is -2.04. The highest BCUT2D eigenvalue weighted by molar-refractivity contribution is 5.87. The van der Waals surface area contributed by atoms with Gasteiger partial charge in [-0.05, 0) is 18.8 Å². The SMILES string of the molecule is CC(C)CCCOC(=O)c1cc(N)n[nH]1. The van der Waals surface area contributed by atoms with E-state index in [4.69, 9.17) is 10.5 Å². The molecular weight excluding hydrogens is 194 g/mol. The van der Waals surface area contributed by atoms with E-state index in [1.807, 2.05) is 0 Å². The molecule has 5 heteroatoms. The zero-order valence-electron chi connectivity index (χ0n) is 9.12. The number of nitrogens with two attached hydrogens (primary N) is 1. The maximum absolute atomic E-state index is 11.4. The number of ether oxygens (including phenoxy) is 1. The molecule has 0 amide bonds. The van der Waals surface area contributed by atoms with Crippen LogP contribution in [-0.2, 0) is 4.74 Å². The van der Waals surface area contributed by atoms with E-state index in [0.29, 0.717) is 24.0 Å². The summed E-state index contributed by atoms with van der Waals surface area (Å²) in [5.41, 5.74) is 5.66. The molecule has 0 aromatic carbocycles. The number of anilines is 1. The van der Waals surface area contributed by atoms with Crippen LogP contribution in [0.5, 0.6) is 0 Å². The van der Waals surface area contributed by atoms with Crippen molar-refractivity contribution in [1.29, 1.82) is 0 Å². The van der Waals surface area contributed by atoms with Crippen LogP contribution in [0.4, 0.5) is 5.82 Å². The van der Waals surface area contributed by atoms with Crippen LogP contribution < -0.4 is 5.73 Å². The van der Waals surface area contributed by atoms with Gasteiger partial charge in [-0.1, -0.05) is 13.8 Å². The zero-order valence-corrected chi connectivity index (χ0v) is 9.12. The Labute approximate surface area is 89.0 Å². The average Bonchev–Trinajstić information content (AvgIpc) is 2.59.